The van der Waals surface area contributed by atoms with Gasteiger partial charge in [-0.15, -0.1) is 0 Å². The van der Waals surface area contributed by atoms with Gasteiger partial charge < -0.3 is 9.73 Å². The Morgan fingerprint density at radius 3 is 2.80 bits per heavy atom. The van der Waals surface area contributed by atoms with Gasteiger partial charge in [-0.2, -0.15) is 0 Å². The zero-order chi connectivity index (χ0) is 17.4. The van der Waals surface area contributed by atoms with Crippen LogP contribution in [0, 0.1) is 12.7 Å². The highest BCUT2D eigenvalue weighted by molar-refractivity contribution is 6.04. The zero-order valence-electron chi connectivity index (χ0n) is 13.8. The minimum absolute atomic E-state index is 0.00289. The molecule has 1 aliphatic carbocycles. The summed E-state index contributed by atoms with van der Waals surface area (Å²) >= 11 is 0. The highest BCUT2D eigenvalue weighted by Crippen LogP contribution is 2.37. The first kappa shape index (κ1) is 15.6. The van der Waals surface area contributed by atoms with E-state index in [0.717, 1.165) is 41.9 Å². The van der Waals surface area contributed by atoms with Crippen LogP contribution in [0.15, 0.2) is 47.0 Å². The number of carbonyl (C=O) groups excluding carboxylic acids is 1. The minimum Gasteiger partial charge on any atom is -0.465 e. The third kappa shape index (κ3) is 2.82. The number of nitrogens with zero attached hydrogens (tertiary/aromatic N) is 1. The Balaban J connectivity index is 1.57. The van der Waals surface area contributed by atoms with Crippen LogP contribution in [0.25, 0.3) is 11.1 Å². The highest BCUT2D eigenvalue weighted by atomic mass is 19.1. The topological polar surface area (TPSA) is 55.1 Å². The molecule has 0 fully saturated rings. The zero-order valence-corrected chi connectivity index (χ0v) is 13.8. The van der Waals surface area contributed by atoms with Crippen LogP contribution in [-0.4, -0.2) is 10.9 Å². The van der Waals surface area contributed by atoms with Gasteiger partial charge in [0.15, 0.2) is 0 Å². The molecule has 3 aromatic rings. The monoisotopic (exact) mass is 336 g/mol. The smallest absolute Gasteiger partial charge is 0.259 e. The SMILES string of the molecule is Cc1oc2c(c1-c1ccc(NC(=O)c3ccccc3F)nc1)CCC2. The fourth-order valence-corrected chi connectivity index (χ4v) is 3.36. The second-order valence-corrected chi connectivity index (χ2v) is 6.15. The molecule has 0 radical (unpaired) electrons. The van der Waals surface area contributed by atoms with Gasteiger partial charge in [0, 0.05) is 29.3 Å². The van der Waals surface area contributed by atoms with Gasteiger partial charge in [0.25, 0.3) is 5.91 Å². The van der Waals surface area contributed by atoms with Gasteiger partial charge in [-0.3, -0.25) is 4.79 Å². The van der Waals surface area contributed by atoms with E-state index in [9.17, 15) is 9.18 Å². The van der Waals surface area contributed by atoms with Gasteiger partial charge in [0.05, 0.1) is 5.56 Å². The third-order valence-corrected chi connectivity index (χ3v) is 4.51. The first-order chi connectivity index (χ1) is 12.1. The van der Waals surface area contributed by atoms with Gasteiger partial charge >= 0.3 is 0 Å². The lowest BCUT2D eigenvalue weighted by Crippen LogP contribution is -2.14. The molecule has 1 aliphatic rings. The fourth-order valence-electron chi connectivity index (χ4n) is 3.36. The van der Waals surface area contributed by atoms with Gasteiger partial charge in [-0.1, -0.05) is 12.1 Å². The summed E-state index contributed by atoms with van der Waals surface area (Å²) in [5.74, 6) is 1.29. The fraction of sp³-hybridized carbons (Fsp3) is 0.200. The standard InChI is InChI=1S/C20H17FN2O2/c1-12-19(15-6-4-8-17(15)25-12)13-9-10-18(22-11-13)23-20(24)14-5-2-3-7-16(14)21/h2-3,5,7,9-11H,4,6,8H2,1H3,(H,22,23,24). The molecule has 0 saturated carbocycles. The lowest BCUT2D eigenvalue weighted by molar-refractivity contribution is 0.102. The van der Waals surface area contributed by atoms with Crippen molar-refractivity contribution in [3.63, 3.8) is 0 Å². The van der Waals surface area contributed by atoms with Crippen LogP contribution in [0.3, 0.4) is 0 Å². The van der Waals surface area contributed by atoms with E-state index in [-0.39, 0.29) is 5.56 Å². The summed E-state index contributed by atoms with van der Waals surface area (Å²) in [5.41, 5.74) is 3.33. The Labute approximate surface area is 144 Å². The lowest BCUT2D eigenvalue weighted by atomic mass is 10.0. The molecular formula is C20H17FN2O2. The number of furan rings is 1. The van der Waals surface area contributed by atoms with Crippen molar-refractivity contribution >= 4 is 11.7 Å². The Morgan fingerprint density at radius 1 is 1.20 bits per heavy atom. The summed E-state index contributed by atoms with van der Waals surface area (Å²) in [7, 11) is 0. The molecule has 5 heteroatoms. The van der Waals surface area contributed by atoms with Gasteiger partial charge in [-0.25, -0.2) is 9.37 Å². The first-order valence-electron chi connectivity index (χ1n) is 8.27. The van der Waals surface area contributed by atoms with Gasteiger partial charge in [0.2, 0.25) is 0 Å². The predicted octanol–water partition coefficient (Wildman–Crippen LogP) is 4.53. The number of nitrogens with one attached hydrogen (secondary N) is 1. The van der Waals surface area contributed by atoms with Crippen molar-refractivity contribution in [3.8, 4) is 11.1 Å². The Bertz CT molecular complexity index is 945. The molecule has 0 unspecified atom stereocenters. The molecule has 0 atom stereocenters. The highest BCUT2D eigenvalue weighted by Gasteiger charge is 2.23. The van der Waals surface area contributed by atoms with Crippen LogP contribution < -0.4 is 5.32 Å². The number of aryl methyl sites for hydroxylation is 2. The molecule has 126 valence electrons. The Morgan fingerprint density at radius 2 is 2.04 bits per heavy atom. The normalized spacial score (nSPS) is 12.9. The molecule has 25 heavy (non-hydrogen) atoms. The molecule has 0 spiro atoms. The predicted molar refractivity (Wildman–Crippen MR) is 93.1 cm³/mol. The molecule has 1 N–H and O–H groups in total. The number of benzene rings is 1. The number of halogens is 1. The molecule has 1 aromatic carbocycles. The van der Waals surface area contributed by atoms with E-state index in [2.05, 4.69) is 10.3 Å². The van der Waals surface area contributed by atoms with Crippen LogP contribution in [0.5, 0.6) is 0 Å². The van der Waals surface area contributed by atoms with E-state index in [0.29, 0.717) is 5.82 Å². The van der Waals surface area contributed by atoms with Crippen LogP contribution in [0.4, 0.5) is 10.2 Å². The molecule has 0 saturated heterocycles. The summed E-state index contributed by atoms with van der Waals surface area (Å²) in [4.78, 5) is 16.5. The Hall–Kier alpha value is -2.95. The molecule has 2 aromatic heterocycles. The Kier molecular flexibility index (Phi) is 3.84. The summed E-state index contributed by atoms with van der Waals surface area (Å²) in [6.07, 6.45) is 4.84. The van der Waals surface area contributed by atoms with Crippen molar-refractivity contribution in [2.24, 2.45) is 0 Å². The largest absolute Gasteiger partial charge is 0.465 e. The van der Waals surface area contributed by atoms with E-state index in [1.54, 1.807) is 24.4 Å². The number of aromatic nitrogens is 1. The summed E-state index contributed by atoms with van der Waals surface area (Å²) < 4.78 is 19.5. The number of anilines is 1. The van der Waals surface area contributed by atoms with Crippen LogP contribution in [0.2, 0.25) is 0 Å². The average molecular weight is 336 g/mol. The number of hydrogen-bond donors (Lipinski definition) is 1. The van der Waals surface area contributed by atoms with Gasteiger partial charge in [-0.05, 0) is 44.0 Å². The molecular weight excluding hydrogens is 319 g/mol. The first-order valence-corrected chi connectivity index (χ1v) is 8.27. The van der Waals surface area contributed by atoms with Crippen molar-refractivity contribution in [2.75, 3.05) is 5.32 Å². The van der Waals surface area contributed by atoms with Gasteiger partial charge in [0.1, 0.15) is 23.2 Å². The number of carbonyl (C=O) groups is 1. The van der Waals surface area contributed by atoms with Crippen molar-refractivity contribution in [2.45, 2.75) is 26.2 Å². The molecule has 0 bridgehead atoms. The van der Waals surface area contributed by atoms with Crippen molar-refractivity contribution in [3.05, 3.63) is 71.1 Å². The maximum absolute atomic E-state index is 13.7. The molecule has 4 rings (SSSR count). The maximum Gasteiger partial charge on any atom is 0.259 e. The maximum atomic E-state index is 13.7. The molecule has 2 heterocycles. The molecule has 4 nitrogen and oxygen atoms in total. The lowest BCUT2D eigenvalue weighted by Gasteiger charge is -2.07. The van der Waals surface area contributed by atoms with Crippen molar-refractivity contribution in [1.82, 2.24) is 4.98 Å². The number of hydrogen-bond acceptors (Lipinski definition) is 3. The number of fused-ring (bicyclic) bond motifs is 1. The third-order valence-electron chi connectivity index (χ3n) is 4.51. The van der Waals surface area contributed by atoms with E-state index in [4.69, 9.17) is 4.42 Å². The van der Waals surface area contributed by atoms with Crippen molar-refractivity contribution < 1.29 is 13.6 Å². The molecule has 1 amide bonds. The second kappa shape index (κ2) is 6.16. The van der Waals surface area contributed by atoms with E-state index >= 15 is 0 Å². The summed E-state index contributed by atoms with van der Waals surface area (Å²) in [6, 6.07) is 9.49. The quantitative estimate of drug-likeness (QED) is 0.764. The number of amides is 1. The molecule has 0 aliphatic heterocycles. The van der Waals surface area contributed by atoms with Crippen LogP contribution in [0.1, 0.15) is 33.9 Å². The summed E-state index contributed by atoms with van der Waals surface area (Å²) in [6.45, 7) is 1.96. The van der Waals surface area contributed by atoms with Crippen LogP contribution >= 0.6 is 0 Å². The number of pyridine rings is 1. The second-order valence-electron chi connectivity index (χ2n) is 6.15. The van der Waals surface area contributed by atoms with Crippen molar-refractivity contribution in [1.29, 1.82) is 0 Å². The minimum atomic E-state index is -0.554. The number of rotatable bonds is 3. The van der Waals surface area contributed by atoms with Crippen LogP contribution in [-0.2, 0) is 12.8 Å². The van der Waals surface area contributed by atoms with E-state index in [1.807, 2.05) is 13.0 Å². The summed E-state index contributed by atoms with van der Waals surface area (Å²) in [5, 5.41) is 2.63. The van der Waals surface area contributed by atoms with E-state index in [1.165, 1.54) is 17.7 Å². The average Bonchev–Trinajstić information content (AvgIpc) is 3.16. The van der Waals surface area contributed by atoms with E-state index < -0.39 is 11.7 Å².